The number of hydrogen-bond donors (Lipinski definition) is 1. The summed E-state index contributed by atoms with van der Waals surface area (Å²) in [5, 5.41) is 3.08. The van der Waals surface area contributed by atoms with Crippen LogP contribution in [-0.2, 0) is 6.54 Å². The second-order valence-electron chi connectivity index (χ2n) is 5.29. The highest BCUT2D eigenvalue weighted by molar-refractivity contribution is 7.00. The van der Waals surface area contributed by atoms with Gasteiger partial charge < -0.3 is 10.2 Å². The molecule has 0 spiro atoms. The van der Waals surface area contributed by atoms with Gasteiger partial charge in [0.05, 0.1) is 11.7 Å². The average Bonchev–Trinajstić information content (AvgIpc) is 2.94. The maximum absolute atomic E-state index is 12.2. The van der Waals surface area contributed by atoms with Gasteiger partial charge in [-0.25, -0.2) is 4.79 Å². The van der Waals surface area contributed by atoms with E-state index in [0.717, 1.165) is 35.9 Å². The largest absolute Gasteiger partial charge is 0.335 e. The summed E-state index contributed by atoms with van der Waals surface area (Å²) >= 11 is 1.21. The SMILES string of the molecule is CCCC(CC)NC(=O)N(C)Cc1ccc2nsnc2c1. The van der Waals surface area contributed by atoms with Gasteiger partial charge in [0.15, 0.2) is 0 Å². The number of rotatable bonds is 6. The zero-order valence-electron chi connectivity index (χ0n) is 12.8. The van der Waals surface area contributed by atoms with Crippen LogP contribution in [0, 0.1) is 0 Å². The first-order valence-corrected chi connectivity index (χ1v) is 8.09. The van der Waals surface area contributed by atoms with E-state index in [1.54, 1.807) is 4.90 Å². The Labute approximate surface area is 129 Å². The number of amides is 2. The number of aromatic nitrogens is 2. The van der Waals surface area contributed by atoms with E-state index in [4.69, 9.17) is 0 Å². The Morgan fingerprint density at radius 3 is 2.81 bits per heavy atom. The second-order valence-corrected chi connectivity index (χ2v) is 5.82. The minimum atomic E-state index is -0.0215. The first-order chi connectivity index (χ1) is 10.1. The Morgan fingerprint density at radius 2 is 2.10 bits per heavy atom. The molecule has 0 aliphatic carbocycles. The van der Waals surface area contributed by atoms with E-state index in [9.17, 15) is 4.79 Å². The molecule has 0 bridgehead atoms. The molecule has 5 nitrogen and oxygen atoms in total. The lowest BCUT2D eigenvalue weighted by atomic mass is 10.1. The van der Waals surface area contributed by atoms with Gasteiger partial charge >= 0.3 is 6.03 Å². The first-order valence-electron chi connectivity index (χ1n) is 7.36. The van der Waals surface area contributed by atoms with E-state index in [1.807, 2.05) is 25.2 Å². The van der Waals surface area contributed by atoms with Crippen LogP contribution < -0.4 is 5.32 Å². The van der Waals surface area contributed by atoms with Crippen molar-refractivity contribution in [3.8, 4) is 0 Å². The smallest absolute Gasteiger partial charge is 0.317 e. The maximum Gasteiger partial charge on any atom is 0.317 e. The lowest BCUT2D eigenvalue weighted by molar-refractivity contribution is 0.201. The van der Waals surface area contributed by atoms with E-state index in [2.05, 4.69) is 27.9 Å². The van der Waals surface area contributed by atoms with Crippen molar-refractivity contribution in [3.63, 3.8) is 0 Å². The van der Waals surface area contributed by atoms with Gasteiger partial charge in [-0.2, -0.15) is 8.75 Å². The van der Waals surface area contributed by atoms with Crippen LogP contribution in [0.15, 0.2) is 18.2 Å². The topological polar surface area (TPSA) is 58.1 Å². The van der Waals surface area contributed by atoms with Gasteiger partial charge in [0.2, 0.25) is 0 Å². The van der Waals surface area contributed by atoms with E-state index in [1.165, 1.54) is 11.7 Å². The molecule has 2 amide bonds. The van der Waals surface area contributed by atoms with Crippen molar-refractivity contribution in [2.24, 2.45) is 0 Å². The molecule has 0 saturated carbocycles. The van der Waals surface area contributed by atoms with Crippen molar-refractivity contribution in [2.45, 2.75) is 45.7 Å². The number of nitrogens with zero attached hydrogens (tertiary/aromatic N) is 3. The fraction of sp³-hybridized carbons (Fsp3) is 0.533. The second kappa shape index (κ2) is 7.36. The summed E-state index contributed by atoms with van der Waals surface area (Å²) in [6.07, 6.45) is 3.06. The molecule has 1 unspecified atom stereocenters. The van der Waals surface area contributed by atoms with E-state index < -0.39 is 0 Å². The summed E-state index contributed by atoms with van der Waals surface area (Å²) in [7, 11) is 1.82. The Balaban J connectivity index is 1.96. The molecule has 1 N–H and O–H groups in total. The van der Waals surface area contributed by atoms with Gasteiger partial charge in [-0.15, -0.1) is 0 Å². The van der Waals surface area contributed by atoms with Gasteiger partial charge in [0, 0.05) is 19.6 Å². The highest BCUT2D eigenvalue weighted by Gasteiger charge is 2.14. The fourth-order valence-corrected chi connectivity index (χ4v) is 2.80. The minimum Gasteiger partial charge on any atom is -0.335 e. The normalized spacial score (nSPS) is 12.3. The standard InChI is InChI=1S/C15H22N4OS/c1-4-6-12(5-2)16-15(20)19(3)10-11-7-8-13-14(9-11)18-21-17-13/h7-9,12H,4-6,10H2,1-3H3,(H,16,20). The van der Waals surface area contributed by atoms with Crippen molar-refractivity contribution in [1.82, 2.24) is 19.0 Å². The highest BCUT2D eigenvalue weighted by Crippen LogP contribution is 2.14. The van der Waals surface area contributed by atoms with Crippen LogP contribution in [0.4, 0.5) is 4.79 Å². The molecule has 1 heterocycles. The first kappa shape index (κ1) is 15.7. The Bertz CT molecular complexity index is 598. The Hall–Kier alpha value is -1.69. The summed E-state index contributed by atoms with van der Waals surface area (Å²) in [5.41, 5.74) is 2.87. The maximum atomic E-state index is 12.2. The van der Waals surface area contributed by atoms with Crippen LogP contribution >= 0.6 is 11.7 Å². The number of carbonyl (C=O) groups is 1. The van der Waals surface area contributed by atoms with Crippen molar-refractivity contribution in [1.29, 1.82) is 0 Å². The number of nitrogens with one attached hydrogen (secondary N) is 1. The van der Waals surface area contributed by atoms with Crippen LogP contribution in [-0.4, -0.2) is 32.8 Å². The minimum absolute atomic E-state index is 0.0215. The summed E-state index contributed by atoms with van der Waals surface area (Å²) in [4.78, 5) is 13.9. The van der Waals surface area contributed by atoms with Gasteiger partial charge in [0.25, 0.3) is 0 Å². The van der Waals surface area contributed by atoms with E-state index in [-0.39, 0.29) is 12.1 Å². The van der Waals surface area contributed by atoms with E-state index >= 15 is 0 Å². The molecule has 0 aliphatic heterocycles. The average molecular weight is 306 g/mol. The van der Waals surface area contributed by atoms with Crippen LogP contribution in [0.2, 0.25) is 0 Å². The fourth-order valence-electron chi connectivity index (χ4n) is 2.28. The summed E-state index contributed by atoms with van der Waals surface area (Å²) < 4.78 is 8.41. The zero-order chi connectivity index (χ0) is 15.2. The highest BCUT2D eigenvalue weighted by atomic mass is 32.1. The van der Waals surface area contributed by atoms with Gasteiger partial charge in [-0.05, 0) is 30.5 Å². The van der Waals surface area contributed by atoms with Gasteiger partial charge in [-0.1, -0.05) is 26.3 Å². The molecule has 114 valence electrons. The van der Waals surface area contributed by atoms with Crippen LogP contribution in [0.25, 0.3) is 11.0 Å². The van der Waals surface area contributed by atoms with Crippen molar-refractivity contribution >= 4 is 28.8 Å². The van der Waals surface area contributed by atoms with Crippen LogP contribution in [0.1, 0.15) is 38.7 Å². The molecule has 2 rings (SSSR count). The summed E-state index contributed by atoms with van der Waals surface area (Å²) in [6.45, 7) is 4.81. The number of hydrogen-bond acceptors (Lipinski definition) is 4. The molecule has 0 aliphatic rings. The number of benzene rings is 1. The quantitative estimate of drug-likeness (QED) is 0.889. The molecule has 0 saturated heterocycles. The molecule has 0 fully saturated rings. The predicted molar refractivity (Wildman–Crippen MR) is 86.4 cm³/mol. The Kier molecular flexibility index (Phi) is 5.50. The lowest BCUT2D eigenvalue weighted by Gasteiger charge is -2.22. The van der Waals surface area contributed by atoms with E-state index in [0.29, 0.717) is 6.54 Å². The van der Waals surface area contributed by atoms with Crippen LogP contribution in [0.3, 0.4) is 0 Å². The molecule has 2 aromatic rings. The molecule has 6 heteroatoms. The molecule has 0 radical (unpaired) electrons. The molecule has 1 atom stereocenters. The van der Waals surface area contributed by atoms with Gasteiger partial charge in [0.1, 0.15) is 11.0 Å². The predicted octanol–water partition coefficient (Wildman–Crippen LogP) is 3.41. The number of urea groups is 1. The van der Waals surface area contributed by atoms with Crippen molar-refractivity contribution in [3.05, 3.63) is 23.8 Å². The number of fused-ring (bicyclic) bond motifs is 1. The number of carbonyl (C=O) groups excluding carboxylic acids is 1. The molecular weight excluding hydrogens is 284 g/mol. The summed E-state index contributed by atoms with van der Waals surface area (Å²) in [5.74, 6) is 0. The Morgan fingerprint density at radius 1 is 1.33 bits per heavy atom. The molecule has 1 aromatic heterocycles. The third kappa shape index (κ3) is 4.14. The van der Waals surface area contributed by atoms with Crippen molar-refractivity contribution in [2.75, 3.05) is 7.05 Å². The third-order valence-electron chi connectivity index (χ3n) is 3.54. The van der Waals surface area contributed by atoms with Crippen LogP contribution in [0.5, 0.6) is 0 Å². The molecule has 21 heavy (non-hydrogen) atoms. The monoisotopic (exact) mass is 306 g/mol. The molecular formula is C15H22N4OS. The summed E-state index contributed by atoms with van der Waals surface area (Å²) in [6, 6.07) is 6.18. The van der Waals surface area contributed by atoms with Crippen molar-refractivity contribution < 1.29 is 4.79 Å². The van der Waals surface area contributed by atoms with Gasteiger partial charge in [-0.3, -0.25) is 0 Å². The third-order valence-corrected chi connectivity index (χ3v) is 4.10. The zero-order valence-corrected chi connectivity index (χ0v) is 13.6. The molecule has 1 aromatic carbocycles. The lowest BCUT2D eigenvalue weighted by Crippen LogP contribution is -2.42.